The molecule has 1 N–H and O–H groups in total. The third kappa shape index (κ3) is 2.74. The smallest absolute Gasteiger partial charge is 0.255 e. The molecule has 2 aromatic carbocycles. The van der Waals surface area contributed by atoms with Gasteiger partial charge in [-0.15, -0.1) is 0 Å². The van der Waals surface area contributed by atoms with Crippen LogP contribution in [-0.4, -0.2) is 5.91 Å². The van der Waals surface area contributed by atoms with Crippen LogP contribution in [0.5, 0.6) is 0 Å². The molecule has 3 nitrogen and oxygen atoms in total. The normalized spacial score (nSPS) is 9.56. The summed E-state index contributed by atoms with van der Waals surface area (Å²) in [7, 11) is 0. The quantitative estimate of drug-likeness (QED) is 0.870. The highest BCUT2D eigenvalue weighted by molar-refractivity contribution is 6.04. The zero-order valence-corrected chi connectivity index (χ0v) is 9.97. The first-order valence-corrected chi connectivity index (χ1v) is 5.57. The average Bonchev–Trinajstić information content (AvgIpc) is 2.41. The van der Waals surface area contributed by atoms with Crippen molar-refractivity contribution in [2.45, 2.75) is 6.92 Å². The molecule has 0 bridgehead atoms. The number of nitriles is 1. The molecule has 1 amide bonds. The summed E-state index contributed by atoms with van der Waals surface area (Å²) in [6.07, 6.45) is 0. The van der Waals surface area contributed by atoms with E-state index < -0.39 is 0 Å². The Morgan fingerprint density at radius 2 is 1.89 bits per heavy atom. The number of aryl methyl sites for hydroxylation is 1. The van der Waals surface area contributed by atoms with Crippen LogP contribution in [0.1, 0.15) is 21.5 Å². The molecule has 0 fully saturated rings. The Labute approximate surface area is 106 Å². The van der Waals surface area contributed by atoms with Gasteiger partial charge in [-0.05, 0) is 37.3 Å². The SMILES string of the molecule is Cc1ccc(NC(=O)c2cccc(C#N)c2)cc1. The van der Waals surface area contributed by atoms with Crippen molar-refractivity contribution in [3.05, 3.63) is 65.2 Å². The number of carbonyl (C=O) groups excluding carboxylic acids is 1. The maximum absolute atomic E-state index is 11.9. The molecule has 0 aliphatic rings. The van der Waals surface area contributed by atoms with Gasteiger partial charge in [-0.3, -0.25) is 4.79 Å². The minimum absolute atomic E-state index is 0.212. The Hall–Kier alpha value is -2.60. The van der Waals surface area contributed by atoms with E-state index in [0.717, 1.165) is 11.3 Å². The van der Waals surface area contributed by atoms with Crippen LogP contribution in [0, 0.1) is 18.3 Å². The van der Waals surface area contributed by atoms with E-state index in [0.29, 0.717) is 11.1 Å². The number of carbonyl (C=O) groups is 1. The van der Waals surface area contributed by atoms with Gasteiger partial charge in [0.15, 0.2) is 0 Å². The molecule has 0 atom stereocenters. The summed E-state index contributed by atoms with van der Waals surface area (Å²) in [5.41, 5.74) is 2.84. The molecule has 18 heavy (non-hydrogen) atoms. The minimum Gasteiger partial charge on any atom is -0.322 e. The highest BCUT2D eigenvalue weighted by atomic mass is 16.1. The van der Waals surface area contributed by atoms with Gasteiger partial charge in [-0.2, -0.15) is 5.26 Å². The maximum Gasteiger partial charge on any atom is 0.255 e. The first-order chi connectivity index (χ1) is 8.69. The van der Waals surface area contributed by atoms with Gasteiger partial charge in [0.1, 0.15) is 0 Å². The molecule has 0 aromatic heterocycles. The Morgan fingerprint density at radius 1 is 1.17 bits per heavy atom. The summed E-state index contributed by atoms with van der Waals surface area (Å²) in [6.45, 7) is 1.99. The number of hydrogen-bond donors (Lipinski definition) is 1. The van der Waals surface area contributed by atoms with E-state index >= 15 is 0 Å². The largest absolute Gasteiger partial charge is 0.322 e. The second-order valence-corrected chi connectivity index (χ2v) is 4.01. The number of hydrogen-bond acceptors (Lipinski definition) is 2. The van der Waals surface area contributed by atoms with Crippen molar-refractivity contribution in [2.24, 2.45) is 0 Å². The second kappa shape index (κ2) is 5.15. The van der Waals surface area contributed by atoms with Gasteiger partial charge in [0, 0.05) is 11.3 Å². The summed E-state index contributed by atoms with van der Waals surface area (Å²) in [5.74, 6) is -0.212. The lowest BCUT2D eigenvalue weighted by atomic mass is 10.1. The van der Waals surface area contributed by atoms with Crippen molar-refractivity contribution in [3.8, 4) is 6.07 Å². The van der Waals surface area contributed by atoms with E-state index in [2.05, 4.69) is 5.32 Å². The Kier molecular flexibility index (Phi) is 3.40. The number of anilines is 1. The van der Waals surface area contributed by atoms with Crippen LogP contribution < -0.4 is 5.32 Å². The Bertz CT molecular complexity index is 609. The van der Waals surface area contributed by atoms with Crippen LogP contribution in [0.15, 0.2) is 48.5 Å². The number of amides is 1. The third-order valence-electron chi connectivity index (χ3n) is 2.56. The van der Waals surface area contributed by atoms with Crippen LogP contribution in [0.4, 0.5) is 5.69 Å². The zero-order valence-electron chi connectivity index (χ0n) is 9.97. The summed E-state index contributed by atoms with van der Waals surface area (Å²) in [4.78, 5) is 11.9. The van der Waals surface area contributed by atoms with Gasteiger partial charge in [0.05, 0.1) is 11.6 Å². The molecule has 0 radical (unpaired) electrons. The van der Waals surface area contributed by atoms with Crippen LogP contribution in [-0.2, 0) is 0 Å². The Balaban J connectivity index is 2.17. The van der Waals surface area contributed by atoms with Crippen molar-refractivity contribution >= 4 is 11.6 Å². The van der Waals surface area contributed by atoms with E-state index in [1.165, 1.54) is 0 Å². The Morgan fingerprint density at radius 3 is 2.56 bits per heavy atom. The van der Waals surface area contributed by atoms with Crippen molar-refractivity contribution < 1.29 is 4.79 Å². The average molecular weight is 236 g/mol. The van der Waals surface area contributed by atoms with E-state index in [-0.39, 0.29) is 5.91 Å². The lowest BCUT2D eigenvalue weighted by Crippen LogP contribution is -2.11. The van der Waals surface area contributed by atoms with Gasteiger partial charge >= 0.3 is 0 Å². The topological polar surface area (TPSA) is 52.9 Å². The number of nitrogens with one attached hydrogen (secondary N) is 1. The minimum atomic E-state index is -0.212. The lowest BCUT2D eigenvalue weighted by molar-refractivity contribution is 0.102. The van der Waals surface area contributed by atoms with E-state index in [4.69, 9.17) is 5.26 Å². The highest BCUT2D eigenvalue weighted by Crippen LogP contribution is 2.11. The summed E-state index contributed by atoms with van der Waals surface area (Å²) < 4.78 is 0. The molecule has 2 rings (SSSR count). The third-order valence-corrected chi connectivity index (χ3v) is 2.56. The molecule has 0 heterocycles. The van der Waals surface area contributed by atoms with Crippen LogP contribution in [0.25, 0.3) is 0 Å². The van der Waals surface area contributed by atoms with Crippen LogP contribution >= 0.6 is 0 Å². The van der Waals surface area contributed by atoms with Gasteiger partial charge in [-0.25, -0.2) is 0 Å². The van der Waals surface area contributed by atoms with Gasteiger partial charge < -0.3 is 5.32 Å². The predicted molar refractivity (Wildman–Crippen MR) is 70.3 cm³/mol. The van der Waals surface area contributed by atoms with Crippen molar-refractivity contribution in [2.75, 3.05) is 5.32 Å². The van der Waals surface area contributed by atoms with Crippen LogP contribution in [0.2, 0.25) is 0 Å². The number of nitrogens with zero attached hydrogens (tertiary/aromatic N) is 1. The van der Waals surface area contributed by atoms with Crippen LogP contribution in [0.3, 0.4) is 0 Å². The zero-order chi connectivity index (χ0) is 13.0. The number of rotatable bonds is 2. The van der Waals surface area contributed by atoms with E-state index in [9.17, 15) is 4.79 Å². The second-order valence-electron chi connectivity index (χ2n) is 4.01. The summed E-state index contributed by atoms with van der Waals surface area (Å²) in [6, 6.07) is 16.2. The first-order valence-electron chi connectivity index (χ1n) is 5.57. The first kappa shape index (κ1) is 11.9. The molecular weight excluding hydrogens is 224 g/mol. The summed E-state index contributed by atoms with van der Waals surface area (Å²) in [5, 5.41) is 11.6. The molecular formula is C15H12N2O. The van der Waals surface area contributed by atoms with Gasteiger partial charge in [-0.1, -0.05) is 23.8 Å². The maximum atomic E-state index is 11.9. The van der Waals surface area contributed by atoms with Crippen molar-refractivity contribution in [1.82, 2.24) is 0 Å². The molecule has 0 unspecified atom stereocenters. The summed E-state index contributed by atoms with van der Waals surface area (Å²) >= 11 is 0. The fourth-order valence-corrected chi connectivity index (χ4v) is 1.57. The van der Waals surface area contributed by atoms with E-state index in [1.807, 2.05) is 37.3 Å². The molecule has 0 saturated heterocycles. The van der Waals surface area contributed by atoms with E-state index in [1.54, 1.807) is 24.3 Å². The lowest BCUT2D eigenvalue weighted by Gasteiger charge is -2.05. The molecule has 0 aliphatic carbocycles. The van der Waals surface area contributed by atoms with Crippen molar-refractivity contribution in [3.63, 3.8) is 0 Å². The number of benzene rings is 2. The predicted octanol–water partition coefficient (Wildman–Crippen LogP) is 3.12. The van der Waals surface area contributed by atoms with Gasteiger partial charge in [0.2, 0.25) is 0 Å². The molecule has 88 valence electrons. The standard InChI is InChI=1S/C15H12N2O/c1-11-5-7-14(8-6-11)17-15(18)13-4-2-3-12(9-13)10-16/h2-9H,1H3,(H,17,18). The monoisotopic (exact) mass is 236 g/mol. The highest BCUT2D eigenvalue weighted by Gasteiger charge is 2.06. The molecule has 2 aromatic rings. The van der Waals surface area contributed by atoms with Gasteiger partial charge in [0.25, 0.3) is 5.91 Å². The van der Waals surface area contributed by atoms with Crippen molar-refractivity contribution in [1.29, 1.82) is 5.26 Å². The molecule has 0 aliphatic heterocycles. The molecule has 3 heteroatoms. The fraction of sp³-hybridized carbons (Fsp3) is 0.0667. The molecule has 0 saturated carbocycles. The fourth-order valence-electron chi connectivity index (χ4n) is 1.57. The molecule has 0 spiro atoms.